The summed E-state index contributed by atoms with van der Waals surface area (Å²) in [5, 5.41) is 0.117. The third kappa shape index (κ3) is 1.33. The van der Waals surface area contributed by atoms with E-state index in [0.717, 1.165) is 6.07 Å². The average Bonchev–Trinajstić information content (AvgIpc) is 1.88. The Morgan fingerprint density at radius 3 is 2.90 bits per heavy atom. The van der Waals surface area contributed by atoms with E-state index in [1.165, 1.54) is 6.07 Å². The van der Waals surface area contributed by atoms with Gasteiger partial charge in [-0.15, -0.1) is 0 Å². The van der Waals surface area contributed by atoms with E-state index < -0.39 is 5.82 Å². The highest BCUT2D eigenvalue weighted by Gasteiger charge is 1.98. The first-order chi connectivity index (χ1) is 4.74. The summed E-state index contributed by atoms with van der Waals surface area (Å²) in [6, 6.07) is 4.47. The first kappa shape index (κ1) is 7.22. The van der Waals surface area contributed by atoms with Gasteiger partial charge >= 0.3 is 0 Å². The Morgan fingerprint density at radius 1 is 1.70 bits per heavy atom. The topological polar surface area (TPSA) is 17.1 Å². The van der Waals surface area contributed by atoms with Gasteiger partial charge in [0.05, 0.1) is 5.02 Å². The predicted octanol–water partition coefficient (Wildman–Crippen LogP) is 2.09. The van der Waals surface area contributed by atoms with Crippen molar-refractivity contribution in [1.29, 1.82) is 0 Å². The molecule has 0 saturated heterocycles. The first-order valence-electron chi connectivity index (χ1n) is 2.56. The molecule has 3 heteroatoms. The zero-order valence-electron chi connectivity index (χ0n) is 4.90. The van der Waals surface area contributed by atoms with E-state index in [0.29, 0.717) is 6.29 Å². The number of hydrogen-bond donors (Lipinski definition) is 0. The lowest BCUT2D eigenvalue weighted by Crippen LogP contribution is -1.82. The molecule has 0 heterocycles. The van der Waals surface area contributed by atoms with Crippen molar-refractivity contribution in [2.45, 2.75) is 0 Å². The minimum absolute atomic E-state index is 0.117. The maximum Gasteiger partial charge on any atom is 0.151 e. The van der Waals surface area contributed by atoms with E-state index in [9.17, 15) is 9.18 Å². The summed E-state index contributed by atoms with van der Waals surface area (Å²) in [7, 11) is 0. The monoisotopic (exact) mass is 157 g/mol. The Morgan fingerprint density at radius 2 is 2.40 bits per heavy atom. The van der Waals surface area contributed by atoms with Crippen LogP contribution >= 0.6 is 11.6 Å². The van der Waals surface area contributed by atoms with Crippen molar-refractivity contribution in [3.63, 3.8) is 0 Å². The molecule has 0 spiro atoms. The highest BCUT2D eigenvalue weighted by Crippen LogP contribution is 2.14. The molecule has 10 heavy (non-hydrogen) atoms. The fourth-order valence-electron chi connectivity index (χ4n) is 0.542. The van der Waals surface area contributed by atoms with Gasteiger partial charge in [0.1, 0.15) is 5.82 Å². The number of carbonyl (C=O) groups is 1. The van der Waals surface area contributed by atoms with Gasteiger partial charge in [-0.05, 0) is 12.1 Å². The molecule has 1 aromatic carbocycles. The summed E-state index contributed by atoms with van der Waals surface area (Å²) >= 11 is 5.44. The van der Waals surface area contributed by atoms with E-state index in [1.807, 2.05) is 0 Å². The zero-order valence-corrected chi connectivity index (χ0v) is 5.65. The van der Waals surface area contributed by atoms with Gasteiger partial charge in [-0.25, -0.2) is 4.39 Å². The van der Waals surface area contributed by atoms with Gasteiger partial charge in [-0.2, -0.15) is 0 Å². The van der Waals surface area contributed by atoms with Crippen molar-refractivity contribution in [2.24, 2.45) is 0 Å². The molecule has 0 aromatic heterocycles. The fraction of sp³-hybridized carbons (Fsp3) is 0. The number of carbonyl (C=O) groups excluding carboxylic acids is 1. The molecule has 0 fully saturated rings. The van der Waals surface area contributed by atoms with Crippen LogP contribution in [0.4, 0.5) is 4.39 Å². The molecule has 1 rings (SSSR count). The maximum absolute atomic E-state index is 12.2. The molecule has 0 unspecified atom stereocenters. The van der Waals surface area contributed by atoms with Crippen LogP contribution in [-0.4, -0.2) is 6.29 Å². The molecule has 51 valence electrons. The average molecular weight is 158 g/mol. The molecular weight excluding hydrogens is 155 g/mol. The molecule has 0 atom stereocenters. The number of rotatable bonds is 1. The van der Waals surface area contributed by atoms with Gasteiger partial charge in [0.25, 0.3) is 0 Å². The second-order valence-corrected chi connectivity index (χ2v) is 2.11. The van der Waals surface area contributed by atoms with Gasteiger partial charge in [-0.1, -0.05) is 11.6 Å². The van der Waals surface area contributed by atoms with Crippen LogP contribution in [-0.2, 0) is 0 Å². The Kier molecular flexibility index (Phi) is 2.02. The van der Waals surface area contributed by atoms with Crippen molar-refractivity contribution in [3.8, 4) is 0 Å². The molecule has 1 nitrogen and oxygen atoms in total. The van der Waals surface area contributed by atoms with Gasteiger partial charge < -0.3 is 0 Å². The van der Waals surface area contributed by atoms with E-state index in [1.54, 1.807) is 0 Å². The molecule has 1 radical (unpaired) electrons. The maximum atomic E-state index is 12.2. The third-order valence-electron chi connectivity index (χ3n) is 1.02. The lowest BCUT2D eigenvalue weighted by molar-refractivity contribution is 0.112. The lowest BCUT2D eigenvalue weighted by Gasteiger charge is -1.92. The van der Waals surface area contributed by atoms with Crippen LogP contribution < -0.4 is 0 Å². The van der Waals surface area contributed by atoms with E-state index in [4.69, 9.17) is 11.6 Å². The molecule has 0 aliphatic carbocycles. The molecule has 0 aliphatic heterocycles. The Bertz CT molecular complexity index is 260. The molecule has 0 N–H and O–H groups in total. The summed E-state index contributed by atoms with van der Waals surface area (Å²) in [6.45, 7) is 0. The van der Waals surface area contributed by atoms with Crippen LogP contribution in [0.15, 0.2) is 12.1 Å². The van der Waals surface area contributed by atoms with Crippen LogP contribution in [0.25, 0.3) is 0 Å². The summed E-state index contributed by atoms with van der Waals surface area (Å²) in [4.78, 5) is 10.1. The van der Waals surface area contributed by atoms with Crippen molar-refractivity contribution >= 4 is 17.9 Å². The number of benzene rings is 1. The second-order valence-electron chi connectivity index (χ2n) is 1.70. The van der Waals surface area contributed by atoms with E-state index in [2.05, 4.69) is 6.07 Å². The minimum Gasteiger partial charge on any atom is -0.298 e. The number of halogens is 2. The summed E-state index contributed by atoms with van der Waals surface area (Å²) in [5.41, 5.74) is 0.253. The normalized spacial score (nSPS) is 9.40. The van der Waals surface area contributed by atoms with Crippen molar-refractivity contribution < 1.29 is 9.18 Å². The number of hydrogen-bond acceptors (Lipinski definition) is 1. The second kappa shape index (κ2) is 2.80. The van der Waals surface area contributed by atoms with Gasteiger partial charge in [0, 0.05) is 11.6 Å². The van der Waals surface area contributed by atoms with E-state index in [-0.39, 0.29) is 10.6 Å². The SMILES string of the molecule is O=Cc1c[c]c(F)cc1Cl. The molecule has 0 amide bonds. The van der Waals surface area contributed by atoms with Crippen molar-refractivity contribution in [1.82, 2.24) is 0 Å². The van der Waals surface area contributed by atoms with Crippen LogP contribution in [0.5, 0.6) is 0 Å². The van der Waals surface area contributed by atoms with Crippen molar-refractivity contribution in [2.75, 3.05) is 0 Å². The van der Waals surface area contributed by atoms with Crippen LogP contribution in [0.3, 0.4) is 0 Å². The van der Waals surface area contributed by atoms with Crippen LogP contribution in [0.2, 0.25) is 5.02 Å². The Labute approximate surface area is 62.4 Å². The zero-order chi connectivity index (χ0) is 7.56. The largest absolute Gasteiger partial charge is 0.298 e. The number of aldehydes is 1. The molecule has 0 aliphatic rings. The molecule has 0 saturated carbocycles. The highest BCUT2D eigenvalue weighted by atomic mass is 35.5. The minimum atomic E-state index is -0.560. The van der Waals surface area contributed by atoms with E-state index >= 15 is 0 Å². The fourth-order valence-corrected chi connectivity index (χ4v) is 0.737. The Balaban J connectivity index is 3.19. The predicted molar refractivity (Wildman–Crippen MR) is 35.6 cm³/mol. The van der Waals surface area contributed by atoms with Crippen LogP contribution in [0.1, 0.15) is 10.4 Å². The molecule has 1 aromatic rings. The summed E-state index contributed by atoms with van der Waals surface area (Å²) < 4.78 is 12.2. The smallest absolute Gasteiger partial charge is 0.151 e. The van der Waals surface area contributed by atoms with Crippen molar-refractivity contribution in [3.05, 3.63) is 34.6 Å². The standard InChI is InChI=1S/C7H3ClFO/c8-7-3-6(9)2-1-5(7)4-10/h1,3-4H. The summed E-state index contributed by atoms with van der Waals surface area (Å²) in [6.07, 6.45) is 0.554. The summed E-state index contributed by atoms with van der Waals surface area (Å²) in [5.74, 6) is -0.560. The van der Waals surface area contributed by atoms with Gasteiger partial charge in [0.15, 0.2) is 6.29 Å². The van der Waals surface area contributed by atoms with Crippen LogP contribution in [0, 0.1) is 11.9 Å². The highest BCUT2D eigenvalue weighted by molar-refractivity contribution is 6.32. The molecular formula is C7H3ClFO. The lowest BCUT2D eigenvalue weighted by atomic mass is 10.2. The Hall–Kier alpha value is -0.890. The third-order valence-corrected chi connectivity index (χ3v) is 1.35. The van der Waals surface area contributed by atoms with Gasteiger partial charge in [-0.3, -0.25) is 4.79 Å². The van der Waals surface area contributed by atoms with Gasteiger partial charge in [0.2, 0.25) is 0 Å². The first-order valence-corrected chi connectivity index (χ1v) is 2.94. The quantitative estimate of drug-likeness (QED) is 0.571. The molecule has 0 bridgehead atoms.